The molecule has 0 radical (unpaired) electrons. The van der Waals surface area contributed by atoms with Gasteiger partial charge in [-0.25, -0.2) is 4.98 Å². The van der Waals surface area contributed by atoms with Crippen LogP contribution in [0.3, 0.4) is 0 Å². The summed E-state index contributed by atoms with van der Waals surface area (Å²) in [4.78, 5) is 24.9. The average Bonchev–Trinajstić information content (AvgIpc) is 3.18. The van der Waals surface area contributed by atoms with Crippen LogP contribution in [0.1, 0.15) is 35.4 Å². The number of aryl methyl sites for hydroxylation is 1. The molecule has 0 bridgehead atoms. The molecule has 2 N–H and O–H groups in total. The number of halogens is 1. The Balaban J connectivity index is 1.32. The van der Waals surface area contributed by atoms with Crippen LogP contribution in [-0.4, -0.2) is 29.0 Å². The topological polar surface area (TPSA) is 70.2 Å². The second-order valence-electron chi connectivity index (χ2n) is 7.75. The number of anilines is 3. The van der Waals surface area contributed by atoms with Crippen LogP contribution in [0.5, 0.6) is 0 Å². The number of carbonyl (C=O) groups excluding carboxylic acids is 1. The van der Waals surface area contributed by atoms with Crippen LogP contribution in [0.15, 0.2) is 46.3 Å². The maximum absolute atomic E-state index is 12.2. The number of piperidine rings is 1. The third-order valence-electron chi connectivity index (χ3n) is 5.17. The van der Waals surface area contributed by atoms with Gasteiger partial charge in [0.15, 0.2) is 0 Å². The highest BCUT2D eigenvalue weighted by atomic mass is 79.9. The summed E-state index contributed by atoms with van der Waals surface area (Å²) < 4.78 is 1.01. The first kappa shape index (κ1) is 21.8. The van der Waals surface area contributed by atoms with Gasteiger partial charge in [-0.3, -0.25) is 4.79 Å². The van der Waals surface area contributed by atoms with E-state index in [0.717, 1.165) is 45.2 Å². The molecular weight excluding hydrogens is 474 g/mol. The summed E-state index contributed by atoms with van der Waals surface area (Å²) in [5.74, 6) is 1.64. The molecule has 0 saturated carbocycles. The largest absolute Gasteiger partial charge is 0.356 e. The number of amides is 1. The van der Waals surface area contributed by atoms with Crippen molar-refractivity contribution in [2.75, 3.05) is 28.6 Å². The Bertz CT molecular complexity index is 1030. The second-order valence-corrected chi connectivity index (χ2v) is 9.66. The van der Waals surface area contributed by atoms with Crippen LogP contribution in [0.4, 0.5) is 17.5 Å². The molecule has 4 rings (SSSR count). The summed E-state index contributed by atoms with van der Waals surface area (Å²) >= 11 is 4.99. The first-order valence-electron chi connectivity index (χ1n) is 10.5. The van der Waals surface area contributed by atoms with Gasteiger partial charge in [-0.2, -0.15) is 4.98 Å². The van der Waals surface area contributed by atoms with E-state index in [1.54, 1.807) is 11.3 Å². The Morgan fingerprint density at radius 3 is 2.61 bits per heavy atom. The highest BCUT2D eigenvalue weighted by Crippen LogP contribution is 2.22. The van der Waals surface area contributed by atoms with E-state index >= 15 is 0 Å². The number of thiophene rings is 1. The highest BCUT2D eigenvalue weighted by Gasteiger charge is 2.14. The molecule has 1 saturated heterocycles. The third-order valence-corrected chi connectivity index (χ3v) is 6.86. The van der Waals surface area contributed by atoms with Crippen LogP contribution >= 0.6 is 27.3 Å². The number of hydrogen-bond acceptors (Lipinski definition) is 6. The van der Waals surface area contributed by atoms with Crippen molar-refractivity contribution in [1.82, 2.24) is 9.97 Å². The van der Waals surface area contributed by atoms with Crippen LogP contribution in [0, 0.1) is 6.92 Å². The number of nitrogens with one attached hydrogen (secondary N) is 2. The third kappa shape index (κ3) is 6.27. The van der Waals surface area contributed by atoms with Gasteiger partial charge in [-0.05, 0) is 65.9 Å². The quantitative estimate of drug-likeness (QED) is 0.455. The lowest BCUT2D eigenvalue weighted by Crippen LogP contribution is -2.30. The number of nitrogens with zero attached hydrogens (tertiary/aromatic N) is 3. The Labute approximate surface area is 195 Å². The van der Waals surface area contributed by atoms with Gasteiger partial charge in [0.05, 0.1) is 6.42 Å². The van der Waals surface area contributed by atoms with Crippen LogP contribution in [0.2, 0.25) is 0 Å². The number of rotatable bonds is 7. The van der Waals surface area contributed by atoms with Crippen LogP contribution < -0.4 is 15.5 Å². The summed E-state index contributed by atoms with van der Waals surface area (Å²) in [6, 6.07) is 11.9. The van der Waals surface area contributed by atoms with Crippen molar-refractivity contribution in [3.63, 3.8) is 0 Å². The summed E-state index contributed by atoms with van der Waals surface area (Å²) in [6.45, 7) is 4.76. The van der Waals surface area contributed by atoms with E-state index in [-0.39, 0.29) is 5.91 Å². The molecule has 1 aromatic carbocycles. The van der Waals surface area contributed by atoms with Gasteiger partial charge in [0.1, 0.15) is 5.82 Å². The van der Waals surface area contributed by atoms with Crippen LogP contribution in [-0.2, 0) is 17.8 Å². The van der Waals surface area contributed by atoms with Gasteiger partial charge in [0, 0.05) is 51.8 Å². The maximum Gasteiger partial charge on any atom is 0.229 e. The maximum atomic E-state index is 12.2. The molecule has 0 spiro atoms. The minimum absolute atomic E-state index is 0.0152. The van der Waals surface area contributed by atoms with Gasteiger partial charge in [-0.15, -0.1) is 11.3 Å². The van der Waals surface area contributed by atoms with Crippen LogP contribution in [0.25, 0.3) is 0 Å². The van der Waals surface area contributed by atoms with E-state index in [1.165, 1.54) is 19.3 Å². The van der Waals surface area contributed by atoms with Crippen molar-refractivity contribution >= 4 is 50.6 Å². The molecule has 162 valence electrons. The summed E-state index contributed by atoms with van der Waals surface area (Å²) in [5, 5.41) is 8.27. The van der Waals surface area contributed by atoms with Gasteiger partial charge in [-0.1, -0.05) is 12.1 Å². The molecule has 0 atom stereocenters. The minimum Gasteiger partial charge on any atom is -0.356 e. The van der Waals surface area contributed by atoms with Crippen molar-refractivity contribution in [2.45, 2.75) is 39.2 Å². The fourth-order valence-corrected chi connectivity index (χ4v) is 5.06. The minimum atomic E-state index is -0.0152. The van der Waals surface area contributed by atoms with Crippen molar-refractivity contribution in [1.29, 1.82) is 0 Å². The number of benzene rings is 1. The fourth-order valence-electron chi connectivity index (χ4n) is 3.61. The average molecular weight is 500 g/mol. The number of hydrogen-bond donors (Lipinski definition) is 2. The van der Waals surface area contributed by atoms with Gasteiger partial charge < -0.3 is 15.5 Å². The predicted octanol–water partition coefficient (Wildman–Crippen LogP) is 5.39. The summed E-state index contributed by atoms with van der Waals surface area (Å²) in [7, 11) is 0. The number of aromatic nitrogens is 2. The Hall–Kier alpha value is -2.45. The first-order valence-corrected chi connectivity index (χ1v) is 12.2. The molecule has 3 aromatic rings. The second kappa shape index (κ2) is 10.2. The molecule has 2 aromatic heterocycles. The molecule has 3 heterocycles. The molecule has 6 nitrogen and oxygen atoms in total. The SMILES string of the molecule is Cc1cc(N2CCCCC2)nc(NCc2ccc(NC(=O)Cc3cc(Br)cs3)cc2)n1. The first-order chi connectivity index (χ1) is 15.0. The molecule has 1 aliphatic heterocycles. The number of carbonyl (C=O) groups is 1. The molecule has 31 heavy (non-hydrogen) atoms. The summed E-state index contributed by atoms with van der Waals surface area (Å²) in [6.07, 6.45) is 4.12. The van der Waals surface area contributed by atoms with Gasteiger partial charge >= 0.3 is 0 Å². The fraction of sp³-hybridized carbons (Fsp3) is 0.348. The monoisotopic (exact) mass is 499 g/mol. The molecular formula is C23H26BrN5OS. The molecule has 1 amide bonds. The lowest BCUT2D eigenvalue weighted by atomic mass is 10.1. The van der Waals surface area contributed by atoms with E-state index in [1.807, 2.05) is 42.6 Å². The zero-order valence-electron chi connectivity index (χ0n) is 17.5. The van der Waals surface area contributed by atoms with E-state index in [0.29, 0.717) is 18.9 Å². The lowest BCUT2D eigenvalue weighted by molar-refractivity contribution is -0.115. The van der Waals surface area contributed by atoms with E-state index < -0.39 is 0 Å². The molecule has 1 aliphatic rings. The van der Waals surface area contributed by atoms with Gasteiger partial charge in [0.2, 0.25) is 11.9 Å². The standard InChI is InChI=1S/C23H26BrN5OS/c1-16-11-21(29-9-3-2-4-10-29)28-23(26-16)25-14-17-5-7-19(8-6-17)27-22(30)13-20-12-18(24)15-31-20/h5-8,11-12,15H,2-4,9-10,13-14H2,1H3,(H,27,30)(H,25,26,28). The summed E-state index contributed by atoms with van der Waals surface area (Å²) in [5.41, 5.74) is 2.86. The normalized spacial score (nSPS) is 13.8. The van der Waals surface area contributed by atoms with Crippen molar-refractivity contribution in [3.8, 4) is 0 Å². The Kier molecular flexibility index (Phi) is 7.19. The predicted molar refractivity (Wildman–Crippen MR) is 131 cm³/mol. The zero-order valence-corrected chi connectivity index (χ0v) is 19.9. The van der Waals surface area contributed by atoms with E-state index in [9.17, 15) is 4.79 Å². The Morgan fingerprint density at radius 2 is 1.90 bits per heavy atom. The smallest absolute Gasteiger partial charge is 0.229 e. The molecule has 1 fully saturated rings. The zero-order chi connectivity index (χ0) is 21.6. The van der Waals surface area contributed by atoms with Crippen molar-refractivity contribution < 1.29 is 4.79 Å². The van der Waals surface area contributed by atoms with Gasteiger partial charge in [0.25, 0.3) is 0 Å². The van der Waals surface area contributed by atoms with E-state index in [4.69, 9.17) is 4.98 Å². The molecule has 8 heteroatoms. The molecule has 0 unspecified atom stereocenters. The van der Waals surface area contributed by atoms with Crippen molar-refractivity contribution in [3.05, 3.63) is 62.4 Å². The lowest BCUT2D eigenvalue weighted by Gasteiger charge is -2.28. The highest BCUT2D eigenvalue weighted by molar-refractivity contribution is 9.10. The molecule has 0 aliphatic carbocycles. The van der Waals surface area contributed by atoms with Crippen molar-refractivity contribution in [2.24, 2.45) is 0 Å². The Morgan fingerprint density at radius 1 is 1.13 bits per heavy atom. The van der Waals surface area contributed by atoms with E-state index in [2.05, 4.69) is 42.5 Å².